The number of benzene rings is 1. The fraction of sp³-hybridized carbons (Fsp3) is 0.625. The molecule has 3 rings (SSSR count). The highest BCUT2D eigenvalue weighted by atomic mass is 35.5. The molecule has 0 aromatic heterocycles. The third-order valence-electron chi connectivity index (χ3n) is 4.77. The van der Waals surface area contributed by atoms with Crippen LogP contribution < -0.4 is 5.73 Å². The summed E-state index contributed by atoms with van der Waals surface area (Å²) >= 11 is 5.74. The van der Waals surface area contributed by atoms with Crippen molar-refractivity contribution in [1.82, 2.24) is 0 Å². The zero-order chi connectivity index (χ0) is 14.9. The minimum Gasteiger partial charge on any atom is -0.381 e. The van der Waals surface area contributed by atoms with Crippen LogP contribution in [0.15, 0.2) is 18.2 Å². The number of hydrogen-bond acceptors (Lipinski definition) is 3. The third kappa shape index (κ3) is 3.24. The highest BCUT2D eigenvalue weighted by Gasteiger charge is 2.40. The molecule has 1 aromatic rings. The minimum absolute atomic E-state index is 0.0935. The van der Waals surface area contributed by atoms with Crippen molar-refractivity contribution in [2.45, 2.75) is 37.3 Å². The van der Waals surface area contributed by atoms with Gasteiger partial charge >= 0.3 is 0 Å². The van der Waals surface area contributed by atoms with Crippen molar-refractivity contribution in [3.05, 3.63) is 34.6 Å². The largest absolute Gasteiger partial charge is 0.381 e. The van der Waals surface area contributed by atoms with Crippen LogP contribution in [0.5, 0.6) is 0 Å². The van der Waals surface area contributed by atoms with Crippen LogP contribution in [0.3, 0.4) is 0 Å². The SMILES string of the molecule is NC(c1ccc(Cl)c(F)c1)C1CCOC2(CCOCC2)C1. The average molecular weight is 314 g/mol. The topological polar surface area (TPSA) is 44.5 Å². The number of nitrogens with two attached hydrogens (primary N) is 1. The molecule has 21 heavy (non-hydrogen) atoms. The maximum Gasteiger partial charge on any atom is 0.142 e. The van der Waals surface area contributed by atoms with Crippen molar-refractivity contribution in [3.63, 3.8) is 0 Å². The summed E-state index contributed by atoms with van der Waals surface area (Å²) in [5.41, 5.74) is 7.10. The third-order valence-corrected chi connectivity index (χ3v) is 5.08. The van der Waals surface area contributed by atoms with Gasteiger partial charge in [0, 0.05) is 25.9 Å². The van der Waals surface area contributed by atoms with Crippen LogP contribution in [0, 0.1) is 11.7 Å². The van der Waals surface area contributed by atoms with Gasteiger partial charge < -0.3 is 15.2 Å². The summed E-state index contributed by atoms with van der Waals surface area (Å²) in [5.74, 6) is -0.102. The van der Waals surface area contributed by atoms with Crippen LogP contribution in [0.1, 0.15) is 37.3 Å². The van der Waals surface area contributed by atoms with Gasteiger partial charge in [-0.2, -0.15) is 0 Å². The van der Waals surface area contributed by atoms with Gasteiger partial charge in [0.2, 0.25) is 0 Å². The molecular weight excluding hydrogens is 293 g/mol. The van der Waals surface area contributed by atoms with Crippen LogP contribution in [-0.4, -0.2) is 25.4 Å². The second-order valence-corrected chi connectivity index (χ2v) is 6.50. The van der Waals surface area contributed by atoms with Crippen molar-refractivity contribution in [2.24, 2.45) is 11.7 Å². The van der Waals surface area contributed by atoms with Crippen LogP contribution in [0.25, 0.3) is 0 Å². The van der Waals surface area contributed by atoms with Crippen LogP contribution in [0.4, 0.5) is 4.39 Å². The predicted molar refractivity (Wildman–Crippen MR) is 79.8 cm³/mol. The molecule has 2 fully saturated rings. The molecule has 0 bridgehead atoms. The molecular formula is C16H21ClFNO2. The molecule has 2 aliphatic rings. The Hall–Kier alpha value is -0.680. The first-order valence-corrected chi connectivity index (χ1v) is 7.90. The van der Waals surface area contributed by atoms with E-state index >= 15 is 0 Å². The van der Waals surface area contributed by atoms with Crippen molar-refractivity contribution >= 4 is 11.6 Å². The molecule has 1 aromatic carbocycles. The van der Waals surface area contributed by atoms with Crippen molar-refractivity contribution in [2.75, 3.05) is 19.8 Å². The molecule has 5 heteroatoms. The molecule has 116 valence electrons. The Kier molecular flexibility index (Phi) is 4.50. The second-order valence-electron chi connectivity index (χ2n) is 6.10. The Balaban J connectivity index is 1.74. The smallest absolute Gasteiger partial charge is 0.142 e. The van der Waals surface area contributed by atoms with Crippen molar-refractivity contribution < 1.29 is 13.9 Å². The Morgan fingerprint density at radius 1 is 1.29 bits per heavy atom. The fourth-order valence-corrected chi connectivity index (χ4v) is 3.57. The van der Waals surface area contributed by atoms with E-state index in [9.17, 15) is 4.39 Å². The molecule has 2 aliphatic heterocycles. The van der Waals surface area contributed by atoms with E-state index < -0.39 is 5.82 Å². The van der Waals surface area contributed by atoms with E-state index in [1.165, 1.54) is 6.07 Å². The average Bonchev–Trinajstić information content (AvgIpc) is 2.50. The van der Waals surface area contributed by atoms with E-state index in [0.717, 1.165) is 44.5 Å². The molecule has 2 saturated heterocycles. The number of rotatable bonds is 2. The maximum atomic E-state index is 13.6. The number of ether oxygens (including phenoxy) is 2. The highest BCUT2D eigenvalue weighted by Crippen LogP contribution is 2.41. The van der Waals surface area contributed by atoms with Gasteiger partial charge in [-0.3, -0.25) is 0 Å². The van der Waals surface area contributed by atoms with Gasteiger partial charge in [0.05, 0.1) is 10.6 Å². The van der Waals surface area contributed by atoms with Crippen molar-refractivity contribution in [3.8, 4) is 0 Å². The summed E-state index contributed by atoms with van der Waals surface area (Å²) < 4.78 is 25.1. The van der Waals surface area contributed by atoms with Crippen LogP contribution in [-0.2, 0) is 9.47 Å². The Bertz CT molecular complexity index is 500. The van der Waals surface area contributed by atoms with E-state index in [0.29, 0.717) is 12.5 Å². The zero-order valence-electron chi connectivity index (χ0n) is 12.0. The normalized spacial score (nSPS) is 26.7. The molecule has 3 nitrogen and oxygen atoms in total. The first kappa shape index (κ1) is 15.2. The first-order chi connectivity index (χ1) is 10.1. The predicted octanol–water partition coefficient (Wildman–Crippen LogP) is 3.45. The summed E-state index contributed by atoms with van der Waals surface area (Å²) in [6, 6.07) is 4.68. The quantitative estimate of drug-likeness (QED) is 0.909. The van der Waals surface area contributed by atoms with Crippen LogP contribution >= 0.6 is 11.6 Å². The van der Waals surface area contributed by atoms with Crippen LogP contribution in [0.2, 0.25) is 5.02 Å². The van der Waals surface area contributed by atoms with Gasteiger partial charge in [0.25, 0.3) is 0 Å². The van der Waals surface area contributed by atoms with E-state index in [1.54, 1.807) is 6.07 Å². The van der Waals surface area contributed by atoms with E-state index in [2.05, 4.69) is 0 Å². The van der Waals surface area contributed by atoms with Gasteiger partial charge in [0.15, 0.2) is 0 Å². The minimum atomic E-state index is -0.405. The molecule has 0 amide bonds. The molecule has 1 spiro atoms. The summed E-state index contributed by atoms with van der Waals surface area (Å²) in [5, 5.41) is 0.138. The number of halogens is 2. The van der Waals surface area contributed by atoms with E-state index in [4.69, 9.17) is 26.8 Å². The summed E-state index contributed by atoms with van der Waals surface area (Å²) in [7, 11) is 0. The molecule has 0 radical (unpaired) electrons. The van der Waals surface area contributed by atoms with Gasteiger partial charge in [0.1, 0.15) is 5.82 Å². The molecule has 2 atom stereocenters. The van der Waals surface area contributed by atoms with E-state index in [-0.39, 0.29) is 16.7 Å². The molecule has 0 saturated carbocycles. The Morgan fingerprint density at radius 2 is 2.05 bits per heavy atom. The van der Waals surface area contributed by atoms with Gasteiger partial charge in [-0.25, -0.2) is 4.39 Å². The summed E-state index contributed by atoms with van der Waals surface area (Å²) in [6.45, 7) is 2.21. The fourth-order valence-electron chi connectivity index (χ4n) is 3.46. The van der Waals surface area contributed by atoms with Gasteiger partial charge in [-0.15, -0.1) is 0 Å². The lowest BCUT2D eigenvalue weighted by molar-refractivity contribution is -0.149. The van der Waals surface area contributed by atoms with E-state index in [1.807, 2.05) is 6.07 Å². The zero-order valence-corrected chi connectivity index (χ0v) is 12.7. The molecule has 2 heterocycles. The monoisotopic (exact) mass is 313 g/mol. The summed E-state index contributed by atoms with van der Waals surface area (Å²) in [6.07, 6.45) is 3.67. The lowest BCUT2D eigenvalue weighted by Gasteiger charge is -2.44. The second kappa shape index (κ2) is 6.21. The van der Waals surface area contributed by atoms with Crippen molar-refractivity contribution in [1.29, 1.82) is 0 Å². The standard InChI is InChI=1S/C16H21ClFNO2/c17-13-2-1-11(9-14(13)18)15(19)12-3-6-21-16(10-12)4-7-20-8-5-16/h1-2,9,12,15H,3-8,10,19H2. The Labute approximate surface area is 129 Å². The molecule has 2 N–H and O–H groups in total. The van der Waals surface area contributed by atoms with Gasteiger partial charge in [-0.05, 0) is 49.3 Å². The first-order valence-electron chi connectivity index (χ1n) is 7.52. The van der Waals surface area contributed by atoms with Gasteiger partial charge in [-0.1, -0.05) is 17.7 Å². The highest BCUT2D eigenvalue weighted by molar-refractivity contribution is 6.30. The molecule has 0 aliphatic carbocycles. The lowest BCUT2D eigenvalue weighted by Crippen LogP contribution is -2.46. The summed E-state index contributed by atoms with van der Waals surface area (Å²) in [4.78, 5) is 0. The molecule has 2 unspecified atom stereocenters. The Morgan fingerprint density at radius 3 is 2.76 bits per heavy atom. The lowest BCUT2D eigenvalue weighted by atomic mass is 9.76. The number of hydrogen-bond donors (Lipinski definition) is 1. The maximum absolute atomic E-state index is 13.6.